The number of benzene rings is 2. The van der Waals surface area contributed by atoms with Gasteiger partial charge in [0.25, 0.3) is 5.91 Å². The van der Waals surface area contributed by atoms with E-state index in [2.05, 4.69) is 19.8 Å². The van der Waals surface area contributed by atoms with Crippen LogP contribution in [0.1, 0.15) is 10.4 Å². The molecule has 8 heteroatoms. The van der Waals surface area contributed by atoms with Gasteiger partial charge in [0.05, 0.1) is 5.02 Å². The maximum atomic E-state index is 13.2. The number of hydrogen-bond donors (Lipinski definition) is 1. The highest BCUT2D eigenvalue weighted by Crippen LogP contribution is 2.45. The molecular formula is C19H11ClF2N2O3. The Kier molecular flexibility index (Phi) is 4.16. The van der Waals surface area contributed by atoms with Crippen LogP contribution in [-0.2, 0) is 0 Å². The van der Waals surface area contributed by atoms with Gasteiger partial charge in [-0.25, -0.2) is 4.98 Å². The number of ether oxygens (including phenoxy) is 2. The van der Waals surface area contributed by atoms with Crippen LogP contribution < -0.4 is 14.8 Å². The number of rotatable bonds is 3. The van der Waals surface area contributed by atoms with Crippen molar-refractivity contribution in [3.8, 4) is 22.6 Å². The number of halogens is 3. The number of amides is 1. The molecule has 1 aliphatic heterocycles. The molecule has 1 aliphatic rings. The normalized spacial score (nSPS) is 14.0. The van der Waals surface area contributed by atoms with Crippen LogP contribution in [0.25, 0.3) is 11.1 Å². The molecule has 136 valence electrons. The molecule has 0 unspecified atom stereocenters. The quantitative estimate of drug-likeness (QED) is 0.687. The topological polar surface area (TPSA) is 60.5 Å². The molecule has 0 atom stereocenters. The van der Waals surface area contributed by atoms with Gasteiger partial charge in [-0.3, -0.25) is 4.79 Å². The first kappa shape index (κ1) is 17.2. The fourth-order valence-electron chi connectivity index (χ4n) is 2.60. The summed E-state index contributed by atoms with van der Waals surface area (Å²) in [6.45, 7) is 0. The van der Waals surface area contributed by atoms with Crippen LogP contribution in [0.15, 0.2) is 60.8 Å². The Morgan fingerprint density at radius 3 is 2.41 bits per heavy atom. The SMILES string of the molecule is O=C(Nc1ccc(-c2cc3c(cc2Cl)OC(F)(F)O3)cn1)c1ccccc1. The first-order valence-corrected chi connectivity index (χ1v) is 8.21. The molecule has 0 aliphatic carbocycles. The van der Waals surface area contributed by atoms with Crippen molar-refractivity contribution in [1.82, 2.24) is 4.98 Å². The summed E-state index contributed by atoms with van der Waals surface area (Å²) >= 11 is 6.16. The summed E-state index contributed by atoms with van der Waals surface area (Å²) < 4.78 is 35.2. The second kappa shape index (κ2) is 6.51. The summed E-state index contributed by atoms with van der Waals surface area (Å²) in [7, 11) is 0. The lowest BCUT2D eigenvalue weighted by atomic mass is 10.1. The molecular weight excluding hydrogens is 378 g/mol. The van der Waals surface area contributed by atoms with E-state index in [0.717, 1.165) is 0 Å². The molecule has 5 nitrogen and oxygen atoms in total. The van der Waals surface area contributed by atoms with Crippen molar-refractivity contribution < 1.29 is 23.0 Å². The van der Waals surface area contributed by atoms with Crippen molar-refractivity contribution in [2.45, 2.75) is 6.29 Å². The fourth-order valence-corrected chi connectivity index (χ4v) is 2.86. The summed E-state index contributed by atoms with van der Waals surface area (Å²) in [5.41, 5.74) is 1.52. The lowest BCUT2D eigenvalue weighted by Crippen LogP contribution is -2.25. The van der Waals surface area contributed by atoms with Gasteiger partial charge in [-0.2, -0.15) is 0 Å². The van der Waals surface area contributed by atoms with E-state index in [1.807, 2.05) is 6.07 Å². The lowest BCUT2D eigenvalue weighted by Gasteiger charge is -2.08. The van der Waals surface area contributed by atoms with Crippen LogP contribution in [0, 0.1) is 0 Å². The zero-order valence-electron chi connectivity index (χ0n) is 13.6. The van der Waals surface area contributed by atoms with Crippen LogP contribution in [0.5, 0.6) is 11.5 Å². The van der Waals surface area contributed by atoms with Crippen molar-refractivity contribution in [1.29, 1.82) is 0 Å². The third-order valence-electron chi connectivity index (χ3n) is 3.84. The zero-order valence-corrected chi connectivity index (χ0v) is 14.3. The third kappa shape index (κ3) is 3.54. The van der Waals surface area contributed by atoms with Crippen molar-refractivity contribution in [3.63, 3.8) is 0 Å². The largest absolute Gasteiger partial charge is 0.586 e. The molecule has 27 heavy (non-hydrogen) atoms. The van der Waals surface area contributed by atoms with Crippen molar-refractivity contribution in [2.24, 2.45) is 0 Å². The van der Waals surface area contributed by atoms with E-state index in [4.69, 9.17) is 11.6 Å². The second-order valence-corrected chi connectivity index (χ2v) is 6.11. The van der Waals surface area contributed by atoms with E-state index in [9.17, 15) is 13.6 Å². The highest BCUT2D eigenvalue weighted by Gasteiger charge is 2.43. The Bertz CT molecular complexity index is 1010. The minimum absolute atomic E-state index is 0.110. The first-order chi connectivity index (χ1) is 12.9. The van der Waals surface area contributed by atoms with E-state index >= 15 is 0 Å². The molecule has 0 radical (unpaired) electrons. The maximum absolute atomic E-state index is 13.2. The Labute approximate surface area is 157 Å². The van der Waals surface area contributed by atoms with Crippen LogP contribution in [0.3, 0.4) is 0 Å². The van der Waals surface area contributed by atoms with E-state index in [1.165, 1.54) is 18.3 Å². The molecule has 0 fully saturated rings. The summed E-state index contributed by atoms with van der Waals surface area (Å²) in [5.74, 6) is -0.190. The van der Waals surface area contributed by atoms with Gasteiger partial charge in [-0.05, 0) is 30.3 Å². The zero-order chi connectivity index (χ0) is 19.0. The van der Waals surface area contributed by atoms with Gasteiger partial charge in [0.1, 0.15) is 5.82 Å². The molecule has 2 heterocycles. The number of nitrogens with one attached hydrogen (secondary N) is 1. The van der Waals surface area contributed by atoms with Crippen molar-refractivity contribution in [3.05, 3.63) is 71.4 Å². The summed E-state index contributed by atoms with van der Waals surface area (Å²) in [5, 5.41) is 2.88. The number of hydrogen-bond acceptors (Lipinski definition) is 4. The standard InChI is InChI=1S/C19H11ClF2N2O3/c20-14-9-16-15(26-19(21,22)27-16)8-13(14)12-6-7-17(23-10-12)24-18(25)11-4-2-1-3-5-11/h1-10H,(H,23,24,25). The predicted octanol–water partition coefficient (Wildman–Crippen LogP) is 4.98. The molecule has 4 rings (SSSR count). The number of carbonyl (C=O) groups excluding carboxylic acids is 1. The van der Waals surface area contributed by atoms with Crippen LogP contribution in [-0.4, -0.2) is 17.2 Å². The van der Waals surface area contributed by atoms with E-state index in [-0.39, 0.29) is 22.4 Å². The Morgan fingerprint density at radius 1 is 1.04 bits per heavy atom. The number of aromatic nitrogens is 1. The highest BCUT2D eigenvalue weighted by molar-refractivity contribution is 6.33. The van der Waals surface area contributed by atoms with Crippen LogP contribution in [0.2, 0.25) is 5.02 Å². The summed E-state index contributed by atoms with van der Waals surface area (Å²) in [6.07, 6.45) is -2.24. The van der Waals surface area contributed by atoms with E-state index in [0.29, 0.717) is 22.5 Å². The van der Waals surface area contributed by atoms with Crippen LogP contribution in [0.4, 0.5) is 14.6 Å². The minimum Gasteiger partial charge on any atom is -0.395 e. The van der Waals surface area contributed by atoms with Gasteiger partial charge in [0.15, 0.2) is 11.5 Å². The Balaban J connectivity index is 1.56. The van der Waals surface area contributed by atoms with Crippen molar-refractivity contribution >= 4 is 23.3 Å². The molecule has 0 saturated heterocycles. The van der Waals surface area contributed by atoms with Gasteiger partial charge < -0.3 is 14.8 Å². The molecule has 1 N–H and O–H groups in total. The first-order valence-electron chi connectivity index (χ1n) is 7.83. The fraction of sp³-hybridized carbons (Fsp3) is 0.0526. The molecule has 3 aromatic rings. The summed E-state index contributed by atoms with van der Waals surface area (Å²) in [4.78, 5) is 16.3. The number of alkyl halides is 2. The van der Waals surface area contributed by atoms with Gasteiger partial charge in [-0.1, -0.05) is 29.8 Å². The number of carbonyl (C=O) groups is 1. The Hall–Kier alpha value is -3.19. The molecule has 0 spiro atoms. The molecule has 2 aromatic carbocycles. The van der Waals surface area contributed by atoms with Gasteiger partial charge in [0.2, 0.25) is 0 Å². The minimum atomic E-state index is -3.71. The van der Waals surface area contributed by atoms with Crippen molar-refractivity contribution in [2.75, 3.05) is 5.32 Å². The smallest absolute Gasteiger partial charge is 0.395 e. The van der Waals surface area contributed by atoms with Crippen LogP contribution >= 0.6 is 11.6 Å². The molecule has 0 bridgehead atoms. The molecule has 1 amide bonds. The van der Waals surface area contributed by atoms with Gasteiger partial charge >= 0.3 is 6.29 Å². The summed E-state index contributed by atoms with van der Waals surface area (Å²) in [6, 6.07) is 14.6. The average Bonchev–Trinajstić information content (AvgIpc) is 2.95. The maximum Gasteiger partial charge on any atom is 0.586 e. The lowest BCUT2D eigenvalue weighted by molar-refractivity contribution is -0.286. The van der Waals surface area contributed by atoms with E-state index < -0.39 is 6.29 Å². The number of nitrogens with zero attached hydrogens (tertiary/aromatic N) is 1. The highest BCUT2D eigenvalue weighted by atomic mass is 35.5. The monoisotopic (exact) mass is 388 g/mol. The van der Waals surface area contributed by atoms with E-state index in [1.54, 1.807) is 36.4 Å². The number of anilines is 1. The Morgan fingerprint density at radius 2 is 1.74 bits per heavy atom. The predicted molar refractivity (Wildman–Crippen MR) is 95.3 cm³/mol. The number of fused-ring (bicyclic) bond motifs is 1. The van der Waals surface area contributed by atoms with Gasteiger partial charge in [-0.15, -0.1) is 8.78 Å². The molecule has 1 aromatic heterocycles. The second-order valence-electron chi connectivity index (χ2n) is 5.70. The average molecular weight is 389 g/mol. The van der Waals surface area contributed by atoms with Gasteiger partial charge in [0, 0.05) is 29.0 Å². The molecule has 0 saturated carbocycles. The number of pyridine rings is 1. The third-order valence-corrected chi connectivity index (χ3v) is 4.16.